The maximum atomic E-state index is 12.2. The Morgan fingerprint density at radius 3 is 2.87 bits per heavy atom. The van der Waals surface area contributed by atoms with Crippen molar-refractivity contribution in [2.75, 3.05) is 19.7 Å². The predicted molar refractivity (Wildman–Crippen MR) is 57.1 cm³/mol. The van der Waals surface area contributed by atoms with Crippen molar-refractivity contribution < 1.29 is 9.63 Å². The van der Waals surface area contributed by atoms with Crippen molar-refractivity contribution in [3.63, 3.8) is 0 Å². The lowest BCUT2D eigenvalue weighted by Gasteiger charge is -2.39. The largest absolute Gasteiger partial charge is 0.305 e. The highest BCUT2D eigenvalue weighted by Gasteiger charge is 2.40. The topological polar surface area (TPSA) is 41.6 Å². The first-order valence-electron chi connectivity index (χ1n) is 5.79. The summed E-state index contributed by atoms with van der Waals surface area (Å²) in [4.78, 5) is 17.5. The molecular weight excluding hydrogens is 192 g/mol. The van der Waals surface area contributed by atoms with Gasteiger partial charge in [-0.25, -0.2) is 5.06 Å². The molecule has 86 valence electrons. The Hall–Kier alpha value is -0.610. The van der Waals surface area contributed by atoms with Crippen molar-refractivity contribution in [2.45, 2.75) is 39.2 Å². The van der Waals surface area contributed by atoms with E-state index in [2.05, 4.69) is 19.2 Å². The number of amides is 1. The molecule has 0 radical (unpaired) electrons. The van der Waals surface area contributed by atoms with Gasteiger partial charge in [-0.15, -0.1) is 0 Å². The van der Waals surface area contributed by atoms with Crippen LogP contribution in [0, 0.1) is 5.41 Å². The van der Waals surface area contributed by atoms with Crippen molar-refractivity contribution in [2.24, 2.45) is 5.41 Å². The summed E-state index contributed by atoms with van der Waals surface area (Å²) in [5.41, 5.74) is 0.0429. The van der Waals surface area contributed by atoms with Gasteiger partial charge in [0.05, 0.1) is 19.2 Å². The number of rotatable bonds is 1. The number of nitrogens with zero attached hydrogens (tertiary/aromatic N) is 1. The SMILES string of the molecule is CC1(C)CCCNC1C(=O)N1CCCO1. The highest BCUT2D eigenvalue weighted by molar-refractivity contribution is 5.82. The zero-order chi connectivity index (χ0) is 10.9. The fraction of sp³-hybridized carbons (Fsp3) is 0.909. The van der Waals surface area contributed by atoms with Crippen molar-refractivity contribution in [3.05, 3.63) is 0 Å². The average Bonchev–Trinajstić information content (AvgIpc) is 2.69. The van der Waals surface area contributed by atoms with Gasteiger partial charge in [-0.2, -0.15) is 0 Å². The number of hydrogen-bond acceptors (Lipinski definition) is 3. The van der Waals surface area contributed by atoms with E-state index in [0.29, 0.717) is 6.61 Å². The average molecular weight is 212 g/mol. The molecule has 2 aliphatic heterocycles. The summed E-state index contributed by atoms with van der Waals surface area (Å²) in [6.07, 6.45) is 3.21. The van der Waals surface area contributed by atoms with Crippen LogP contribution < -0.4 is 5.32 Å². The van der Waals surface area contributed by atoms with Crippen LogP contribution in [0.2, 0.25) is 0 Å². The van der Waals surface area contributed by atoms with Crippen molar-refractivity contribution in [1.82, 2.24) is 10.4 Å². The van der Waals surface area contributed by atoms with Crippen LogP contribution >= 0.6 is 0 Å². The number of hydrogen-bond donors (Lipinski definition) is 1. The minimum atomic E-state index is -0.0793. The molecule has 4 heteroatoms. The lowest BCUT2D eigenvalue weighted by Crippen LogP contribution is -2.55. The Labute approximate surface area is 90.9 Å². The molecule has 15 heavy (non-hydrogen) atoms. The molecule has 2 rings (SSSR count). The number of nitrogens with one attached hydrogen (secondary N) is 1. The smallest absolute Gasteiger partial charge is 0.263 e. The van der Waals surface area contributed by atoms with Gasteiger partial charge in [-0.05, 0) is 31.2 Å². The second kappa shape index (κ2) is 4.10. The molecule has 2 saturated heterocycles. The van der Waals surface area contributed by atoms with Gasteiger partial charge in [0.2, 0.25) is 0 Å². The molecule has 1 amide bonds. The molecule has 1 unspecified atom stereocenters. The van der Waals surface area contributed by atoms with Gasteiger partial charge in [0.25, 0.3) is 5.91 Å². The molecule has 2 fully saturated rings. The van der Waals surface area contributed by atoms with Crippen LogP contribution in [0.3, 0.4) is 0 Å². The maximum Gasteiger partial charge on any atom is 0.263 e. The number of carbonyl (C=O) groups is 1. The monoisotopic (exact) mass is 212 g/mol. The predicted octanol–water partition coefficient (Wildman–Crippen LogP) is 0.928. The summed E-state index contributed by atoms with van der Waals surface area (Å²) in [6, 6.07) is -0.0793. The first kappa shape index (κ1) is 10.9. The van der Waals surface area contributed by atoms with Crippen LogP contribution in [0.15, 0.2) is 0 Å². The van der Waals surface area contributed by atoms with Gasteiger partial charge in [0, 0.05) is 0 Å². The lowest BCUT2D eigenvalue weighted by molar-refractivity contribution is -0.175. The van der Waals surface area contributed by atoms with E-state index in [1.54, 1.807) is 0 Å². The van der Waals surface area contributed by atoms with Crippen molar-refractivity contribution >= 4 is 5.91 Å². The fourth-order valence-corrected chi connectivity index (χ4v) is 2.40. The molecular formula is C11H20N2O2. The molecule has 0 aromatic carbocycles. The van der Waals surface area contributed by atoms with Crippen LogP contribution in [0.1, 0.15) is 33.1 Å². The third-order valence-corrected chi connectivity index (χ3v) is 3.37. The van der Waals surface area contributed by atoms with Crippen LogP contribution in [0.5, 0.6) is 0 Å². The lowest BCUT2D eigenvalue weighted by atomic mass is 9.77. The Kier molecular flexibility index (Phi) is 2.98. The Balaban J connectivity index is 2.04. The Morgan fingerprint density at radius 1 is 1.47 bits per heavy atom. The molecule has 1 atom stereocenters. The molecule has 0 spiro atoms. The van der Waals surface area contributed by atoms with E-state index in [-0.39, 0.29) is 17.4 Å². The van der Waals surface area contributed by atoms with E-state index in [1.165, 1.54) is 5.06 Å². The summed E-state index contributed by atoms with van der Waals surface area (Å²) in [7, 11) is 0. The summed E-state index contributed by atoms with van der Waals surface area (Å²) < 4.78 is 0. The minimum absolute atomic E-state index is 0.0429. The number of hydroxylamine groups is 2. The molecule has 0 saturated carbocycles. The van der Waals surface area contributed by atoms with Crippen LogP contribution in [0.25, 0.3) is 0 Å². The summed E-state index contributed by atoms with van der Waals surface area (Å²) in [6.45, 7) is 6.66. The van der Waals surface area contributed by atoms with Crippen LogP contribution in [0.4, 0.5) is 0 Å². The van der Waals surface area contributed by atoms with Gasteiger partial charge in [0.15, 0.2) is 0 Å². The van der Waals surface area contributed by atoms with Gasteiger partial charge in [0.1, 0.15) is 0 Å². The summed E-state index contributed by atoms with van der Waals surface area (Å²) in [5.74, 6) is 0.109. The molecule has 4 nitrogen and oxygen atoms in total. The summed E-state index contributed by atoms with van der Waals surface area (Å²) >= 11 is 0. The highest BCUT2D eigenvalue weighted by Crippen LogP contribution is 2.31. The number of piperidine rings is 1. The van der Waals surface area contributed by atoms with Crippen molar-refractivity contribution in [1.29, 1.82) is 0 Å². The van der Waals surface area contributed by atoms with Gasteiger partial charge >= 0.3 is 0 Å². The second-order valence-electron chi connectivity index (χ2n) is 5.11. The quantitative estimate of drug-likeness (QED) is 0.703. The summed E-state index contributed by atoms with van der Waals surface area (Å²) in [5, 5.41) is 4.85. The molecule has 2 aliphatic rings. The Bertz CT molecular complexity index is 247. The highest BCUT2D eigenvalue weighted by atomic mass is 16.7. The van der Waals surface area contributed by atoms with E-state index in [4.69, 9.17) is 4.84 Å². The normalized spacial score (nSPS) is 30.5. The zero-order valence-corrected chi connectivity index (χ0v) is 9.58. The third kappa shape index (κ3) is 2.16. The molecule has 0 aromatic heterocycles. The van der Waals surface area contributed by atoms with Crippen LogP contribution in [-0.4, -0.2) is 36.7 Å². The maximum absolute atomic E-state index is 12.2. The second-order valence-corrected chi connectivity index (χ2v) is 5.11. The molecule has 1 N–H and O–H groups in total. The minimum Gasteiger partial charge on any atom is -0.305 e. The molecule has 0 aromatic rings. The Morgan fingerprint density at radius 2 is 2.27 bits per heavy atom. The van der Waals surface area contributed by atoms with Gasteiger partial charge in [-0.3, -0.25) is 9.63 Å². The van der Waals surface area contributed by atoms with E-state index in [0.717, 1.165) is 32.4 Å². The van der Waals surface area contributed by atoms with Gasteiger partial charge < -0.3 is 5.32 Å². The third-order valence-electron chi connectivity index (χ3n) is 3.37. The first-order valence-corrected chi connectivity index (χ1v) is 5.79. The van der Waals surface area contributed by atoms with E-state index >= 15 is 0 Å². The standard InChI is InChI=1S/C11H20N2O2/c1-11(2)5-3-6-12-9(11)10(14)13-7-4-8-15-13/h9,12H,3-8H2,1-2H3. The van der Waals surface area contributed by atoms with E-state index < -0.39 is 0 Å². The molecule has 0 bridgehead atoms. The fourth-order valence-electron chi connectivity index (χ4n) is 2.40. The van der Waals surface area contributed by atoms with E-state index in [9.17, 15) is 4.79 Å². The first-order chi connectivity index (χ1) is 7.11. The van der Waals surface area contributed by atoms with Gasteiger partial charge in [-0.1, -0.05) is 13.8 Å². The van der Waals surface area contributed by atoms with Crippen molar-refractivity contribution in [3.8, 4) is 0 Å². The zero-order valence-electron chi connectivity index (χ0n) is 9.58. The molecule has 2 heterocycles. The van der Waals surface area contributed by atoms with Crippen LogP contribution in [-0.2, 0) is 9.63 Å². The van der Waals surface area contributed by atoms with E-state index in [1.807, 2.05) is 0 Å². The number of carbonyl (C=O) groups excluding carboxylic acids is 1. The molecule has 0 aliphatic carbocycles.